The molecule has 1 N–H and O–H groups in total. The van der Waals surface area contributed by atoms with Crippen LogP contribution in [0.15, 0.2) is 42.5 Å². The number of benzene rings is 2. The summed E-state index contributed by atoms with van der Waals surface area (Å²) in [4.78, 5) is 25.4. The van der Waals surface area contributed by atoms with Gasteiger partial charge < -0.3 is 24.2 Å². The number of hydrogen-bond acceptors (Lipinski definition) is 5. The van der Waals surface area contributed by atoms with Crippen LogP contribution in [-0.2, 0) is 16.0 Å². The second-order valence-corrected chi connectivity index (χ2v) is 9.28. The third kappa shape index (κ3) is 11.5. The normalized spacial score (nSPS) is 12.2. The summed E-state index contributed by atoms with van der Waals surface area (Å²) in [7, 11) is 0. The minimum atomic E-state index is -2.77. The highest BCUT2D eigenvalue weighted by molar-refractivity contribution is 6.35. The Morgan fingerprint density at radius 1 is 1.08 bits per heavy atom. The van der Waals surface area contributed by atoms with Crippen molar-refractivity contribution in [2.24, 2.45) is 0 Å². The number of alkyl halides is 2. The summed E-state index contributed by atoms with van der Waals surface area (Å²) in [5.74, 6) is -3.15. The van der Waals surface area contributed by atoms with E-state index in [9.17, 15) is 23.5 Å². The van der Waals surface area contributed by atoms with Gasteiger partial charge in [-0.15, -0.1) is 0 Å². The zero-order valence-electron chi connectivity index (χ0n) is 20.7. The van der Waals surface area contributed by atoms with Crippen molar-refractivity contribution in [3.05, 3.63) is 58.1 Å². The summed E-state index contributed by atoms with van der Waals surface area (Å²) >= 11 is 12.0. The van der Waals surface area contributed by atoms with Gasteiger partial charge in [-0.1, -0.05) is 35.3 Å². The SMILES string of the molecule is CCOC(Cc1ccc(OCCN(CCCCC(C)(F)F)C(=O)Oc2ccc(Cl)cc2Cl)cc1)C(=O)O. The number of unbranched alkanes of at least 4 members (excludes halogenated alkanes) is 1. The van der Waals surface area contributed by atoms with Gasteiger partial charge in [-0.25, -0.2) is 18.4 Å². The number of ether oxygens (including phenoxy) is 3. The van der Waals surface area contributed by atoms with Crippen LogP contribution in [0.1, 0.15) is 38.7 Å². The van der Waals surface area contributed by atoms with Crippen LogP contribution in [0.2, 0.25) is 10.0 Å². The largest absolute Gasteiger partial charge is 0.492 e. The number of rotatable bonds is 15. The van der Waals surface area contributed by atoms with E-state index in [2.05, 4.69) is 0 Å². The van der Waals surface area contributed by atoms with E-state index in [-0.39, 0.29) is 49.7 Å². The molecule has 0 saturated heterocycles. The van der Waals surface area contributed by atoms with E-state index in [1.54, 1.807) is 31.2 Å². The molecule has 2 aromatic rings. The molecule has 0 aliphatic rings. The number of amides is 1. The van der Waals surface area contributed by atoms with Gasteiger partial charge in [0.15, 0.2) is 11.9 Å². The molecule has 1 amide bonds. The number of carbonyl (C=O) groups is 2. The molecule has 0 fully saturated rings. The first-order chi connectivity index (χ1) is 17.5. The molecule has 204 valence electrons. The standard InChI is InChI=1S/C26H31Cl2F2NO6/c1-3-35-23(24(32)33)16-18-6-9-20(10-7-18)36-15-14-31(13-5-4-12-26(2,29)30)25(34)37-22-11-8-19(27)17-21(22)28/h6-11,17,23H,3-5,12-16H2,1-2H3,(H,32,33). The van der Waals surface area contributed by atoms with Crippen LogP contribution < -0.4 is 9.47 Å². The van der Waals surface area contributed by atoms with E-state index in [4.69, 9.17) is 37.4 Å². The van der Waals surface area contributed by atoms with Crippen molar-refractivity contribution in [1.29, 1.82) is 0 Å². The number of hydrogen-bond donors (Lipinski definition) is 1. The Labute approximate surface area is 225 Å². The maximum atomic E-state index is 13.1. The predicted molar refractivity (Wildman–Crippen MR) is 137 cm³/mol. The Bertz CT molecular complexity index is 1020. The van der Waals surface area contributed by atoms with Crippen molar-refractivity contribution < 1.29 is 37.7 Å². The van der Waals surface area contributed by atoms with Crippen LogP contribution in [0.3, 0.4) is 0 Å². The van der Waals surface area contributed by atoms with Gasteiger partial charge in [0.1, 0.15) is 12.4 Å². The van der Waals surface area contributed by atoms with E-state index in [1.807, 2.05) is 0 Å². The van der Waals surface area contributed by atoms with Gasteiger partial charge in [0.25, 0.3) is 0 Å². The average Bonchev–Trinajstić information content (AvgIpc) is 2.82. The smallest absolute Gasteiger partial charge is 0.415 e. The molecule has 2 rings (SSSR count). The molecule has 0 bridgehead atoms. The molecule has 0 aliphatic heterocycles. The molecule has 0 aromatic heterocycles. The Morgan fingerprint density at radius 2 is 1.78 bits per heavy atom. The number of halogens is 4. The highest BCUT2D eigenvalue weighted by Crippen LogP contribution is 2.28. The second kappa shape index (κ2) is 15.0. The molecule has 37 heavy (non-hydrogen) atoms. The fraction of sp³-hybridized carbons (Fsp3) is 0.462. The fourth-order valence-corrected chi connectivity index (χ4v) is 3.82. The summed E-state index contributed by atoms with van der Waals surface area (Å²) in [6, 6.07) is 11.3. The van der Waals surface area contributed by atoms with Gasteiger partial charge in [-0.05, 0) is 62.6 Å². The molecule has 11 heteroatoms. The summed E-state index contributed by atoms with van der Waals surface area (Å²) in [5, 5.41) is 9.78. The van der Waals surface area contributed by atoms with Gasteiger partial charge in [0, 0.05) is 31.0 Å². The summed E-state index contributed by atoms with van der Waals surface area (Å²) in [6.07, 6.45) is -1.11. The Morgan fingerprint density at radius 3 is 2.38 bits per heavy atom. The van der Waals surface area contributed by atoms with Crippen LogP contribution >= 0.6 is 23.2 Å². The lowest BCUT2D eigenvalue weighted by molar-refractivity contribution is -0.149. The van der Waals surface area contributed by atoms with E-state index in [0.717, 1.165) is 12.5 Å². The van der Waals surface area contributed by atoms with Crippen LogP contribution in [-0.4, -0.2) is 60.4 Å². The Kier molecular flexibility index (Phi) is 12.4. The fourth-order valence-electron chi connectivity index (χ4n) is 3.38. The molecule has 2 aromatic carbocycles. The van der Waals surface area contributed by atoms with Gasteiger partial charge in [-0.3, -0.25) is 0 Å². The second-order valence-electron chi connectivity index (χ2n) is 8.44. The number of aliphatic carboxylic acids is 1. The van der Waals surface area contributed by atoms with E-state index in [1.165, 1.54) is 23.1 Å². The zero-order chi connectivity index (χ0) is 27.4. The lowest BCUT2D eigenvalue weighted by Crippen LogP contribution is -2.37. The highest BCUT2D eigenvalue weighted by Gasteiger charge is 2.22. The molecule has 7 nitrogen and oxygen atoms in total. The van der Waals surface area contributed by atoms with Crippen LogP contribution in [0.5, 0.6) is 11.5 Å². The van der Waals surface area contributed by atoms with Crippen molar-refractivity contribution in [2.45, 2.75) is 51.6 Å². The van der Waals surface area contributed by atoms with Crippen molar-refractivity contribution >= 4 is 35.3 Å². The van der Waals surface area contributed by atoms with Crippen LogP contribution in [0.4, 0.5) is 13.6 Å². The summed E-state index contributed by atoms with van der Waals surface area (Å²) < 4.78 is 42.6. The number of carboxylic acid groups (broad SMARTS) is 1. The molecular formula is C26H31Cl2F2NO6. The number of nitrogens with zero attached hydrogens (tertiary/aromatic N) is 1. The van der Waals surface area contributed by atoms with Crippen molar-refractivity contribution in [3.8, 4) is 11.5 Å². The molecule has 1 unspecified atom stereocenters. The van der Waals surface area contributed by atoms with Gasteiger partial charge in [0.2, 0.25) is 5.92 Å². The van der Waals surface area contributed by atoms with Gasteiger partial charge in [-0.2, -0.15) is 0 Å². The monoisotopic (exact) mass is 561 g/mol. The van der Waals surface area contributed by atoms with Gasteiger partial charge in [0.05, 0.1) is 11.6 Å². The van der Waals surface area contributed by atoms with Crippen molar-refractivity contribution in [2.75, 3.05) is 26.3 Å². The molecule has 0 aliphatic carbocycles. The third-order valence-corrected chi connectivity index (χ3v) is 5.79. The first kappa shape index (κ1) is 30.6. The maximum Gasteiger partial charge on any atom is 0.415 e. The lowest BCUT2D eigenvalue weighted by Gasteiger charge is -2.23. The predicted octanol–water partition coefficient (Wildman–Crippen LogP) is 6.73. The topological polar surface area (TPSA) is 85.3 Å². The summed E-state index contributed by atoms with van der Waals surface area (Å²) in [5.41, 5.74) is 0.769. The number of carboxylic acids is 1. The first-order valence-corrected chi connectivity index (χ1v) is 12.6. The van der Waals surface area contributed by atoms with Crippen LogP contribution in [0.25, 0.3) is 0 Å². The maximum absolute atomic E-state index is 13.1. The Hall–Kier alpha value is -2.62. The zero-order valence-corrected chi connectivity index (χ0v) is 22.2. The summed E-state index contributed by atoms with van der Waals surface area (Å²) in [6.45, 7) is 3.33. The molecule has 0 radical (unpaired) electrons. The molecule has 0 saturated carbocycles. The van der Waals surface area contributed by atoms with E-state index < -0.39 is 24.1 Å². The third-order valence-electron chi connectivity index (χ3n) is 5.26. The average molecular weight is 562 g/mol. The highest BCUT2D eigenvalue weighted by atomic mass is 35.5. The first-order valence-electron chi connectivity index (χ1n) is 11.8. The molecular weight excluding hydrogens is 531 g/mol. The van der Waals surface area contributed by atoms with Gasteiger partial charge >= 0.3 is 12.1 Å². The van der Waals surface area contributed by atoms with Crippen LogP contribution in [0, 0.1) is 0 Å². The number of carbonyl (C=O) groups excluding carboxylic acids is 1. The van der Waals surface area contributed by atoms with E-state index in [0.29, 0.717) is 23.8 Å². The molecule has 0 heterocycles. The molecule has 0 spiro atoms. The minimum absolute atomic E-state index is 0.115. The lowest BCUT2D eigenvalue weighted by atomic mass is 10.1. The quantitative estimate of drug-likeness (QED) is 0.242. The molecule has 1 atom stereocenters. The van der Waals surface area contributed by atoms with Crippen molar-refractivity contribution in [3.63, 3.8) is 0 Å². The minimum Gasteiger partial charge on any atom is -0.492 e. The van der Waals surface area contributed by atoms with E-state index >= 15 is 0 Å². The van der Waals surface area contributed by atoms with Crippen molar-refractivity contribution in [1.82, 2.24) is 4.90 Å². The Balaban J connectivity index is 1.96.